The van der Waals surface area contributed by atoms with E-state index in [2.05, 4.69) is 10.1 Å². The summed E-state index contributed by atoms with van der Waals surface area (Å²) in [6, 6.07) is 15.7. The molecule has 28 heavy (non-hydrogen) atoms. The minimum Gasteiger partial charge on any atom is -0.493 e. The Balaban J connectivity index is 1.52. The number of nitrogens with zero attached hydrogens (tertiary/aromatic N) is 3. The van der Waals surface area contributed by atoms with E-state index in [9.17, 15) is 4.79 Å². The summed E-state index contributed by atoms with van der Waals surface area (Å²) in [4.78, 5) is 16.0. The highest BCUT2D eigenvalue weighted by atomic mass is 16.6. The van der Waals surface area contributed by atoms with Crippen molar-refractivity contribution in [2.75, 3.05) is 13.2 Å². The number of para-hydroxylation sites is 1. The van der Waals surface area contributed by atoms with Gasteiger partial charge in [-0.1, -0.05) is 17.3 Å². The number of hydrogen-bond donors (Lipinski definition) is 0. The third kappa shape index (κ3) is 4.86. The van der Waals surface area contributed by atoms with Crippen LogP contribution in [0.25, 0.3) is 11.4 Å². The number of benzene rings is 2. The van der Waals surface area contributed by atoms with Gasteiger partial charge in [-0.2, -0.15) is 10.2 Å². The van der Waals surface area contributed by atoms with Crippen molar-refractivity contribution >= 4 is 5.97 Å². The van der Waals surface area contributed by atoms with Crippen LogP contribution in [0.2, 0.25) is 0 Å². The molecule has 0 spiro atoms. The van der Waals surface area contributed by atoms with Gasteiger partial charge in [-0.15, -0.1) is 0 Å². The van der Waals surface area contributed by atoms with Crippen LogP contribution in [0.4, 0.5) is 0 Å². The molecule has 1 aromatic heterocycles. The number of ether oxygens (including phenoxy) is 3. The summed E-state index contributed by atoms with van der Waals surface area (Å²) in [7, 11) is 0. The fourth-order valence-corrected chi connectivity index (χ4v) is 2.31. The molecule has 0 aliphatic heterocycles. The van der Waals surface area contributed by atoms with E-state index in [0.717, 1.165) is 0 Å². The van der Waals surface area contributed by atoms with E-state index in [0.29, 0.717) is 35.1 Å². The molecule has 0 bridgehead atoms. The van der Waals surface area contributed by atoms with E-state index in [1.54, 1.807) is 24.3 Å². The molecule has 3 rings (SSSR count). The Morgan fingerprint density at radius 1 is 1.14 bits per heavy atom. The zero-order chi connectivity index (χ0) is 19.8. The van der Waals surface area contributed by atoms with Crippen molar-refractivity contribution in [1.82, 2.24) is 10.1 Å². The van der Waals surface area contributed by atoms with Gasteiger partial charge in [-0.05, 0) is 43.3 Å². The molecule has 0 N–H and O–H groups in total. The minimum atomic E-state index is -0.584. The smallest absolute Gasteiger partial charge is 0.344 e. The second-order valence-corrected chi connectivity index (χ2v) is 5.53. The molecule has 3 aromatic rings. The first kappa shape index (κ1) is 18.9. The van der Waals surface area contributed by atoms with Crippen LogP contribution in [0.5, 0.6) is 11.5 Å². The molecule has 0 saturated carbocycles. The minimum absolute atomic E-state index is 0.160. The van der Waals surface area contributed by atoms with E-state index >= 15 is 0 Å². The SMILES string of the molecule is CCOc1ccccc1-c1noc(COC(=O)COc2ccc(C#N)cc2)n1. The lowest BCUT2D eigenvalue weighted by atomic mass is 10.2. The first-order valence-corrected chi connectivity index (χ1v) is 8.53. The summed E-state index contributed by atoms with van der Waals surface area (Å²) in [6.45, 7) is 1.95. The summed E-state index contributed by atoms with van der Waals surface area (Å²) in [5, 5.41) is 12.7. The van der Waals surface area contributed by atoms with E-state index in [1.807, 2.05) is 37.3 Å². The Morgan fingerprint density at radius 3 is 2.68 bits per heavy atom. The van der Waals surface area contributed by atoms with Crippen LogP contribution in [0.3, 0.4) is 0 Å². The number of carbonyl (C=O) groups is 1. The van der Waals surface area contributed by atoms with Crippen LogP contribution in [-0.4, -0.2) is 29.3 Å². The molecule has 0 saturated heterocycles. The van der Waals surface area contributed by atoms with Gasteiger partial charge in [-0.25, -0.2) is 4.79 Å². The second kappa shape index (κ2) is 9.19. The van der Waals surface area contributed by atoms with Gasteiger partial charge >= 0.3 is 5.97 Å². The molecule has 0 aliphatic carbocycles. The number of carbonyl (C=O) groups excluding carboxylic acids is 1. The average molecular weight is 379 g/mol. The average Bonchev–Trinajstić information content (AvgIpc) is 3.20. The number of aromatic nitrogens is 2. The Bertz CT molecular complexity index is 976. The predicted octanol–water partition coefficient (Wildman–Crippen LogP) is 3.13. The maximum absolute atomic E-state index is 11.8. The van der Waals surface area contributed by atoms with Gasteiger partial charge in [0.25, 0.3) is 5.89 Å². The lowest BCUT2D eigenvalue weighted by molar-refractivity contribution is -0.148. The third-order valence-electron chi connectivity index (χ3n) is 3.59. The molecule has 142 valence electrons. The molecule has 1 heterocycles. The normalized spacial score (nSPS) is 10.1. The largest absolute Gasteiger partial charge is 0.493 e. The number of nitriles is 1. The lowest BCUT2D eigenvalue weighted by Gasteiger charge is -2.06. The maximum atomic E-state index is 11.8. The summed E-state index contributed by atoms with van der Waals surface area (Å²) in [5.41, 5.74) is 1.20. The van der Waals surface area contributed by atoms with Crippen molar-refractivity contribution in [2.24, 2.45) is 0 Å². The number of hydrogen-bond acceptors (Lipinski definition) is 8. The van der Waals surface area contributed by atoms with Crippen molar-refractivity contribution in [3.8, 4) is 29.0 Å². The molecule has 0 atom stereocenters. The van der Waals surface area contributed by atoms with Crippen molar-refractivity contribution < 1.29 is 23.5 Å². The highest BCUT2D eigenvalue weighted by molar-refractivity contribution is 5.71. The Morgan fingerprint density at radius 2 is 1.93 bits per heavy atom. The Hall–Kier alpha value is -3.86. The quantitative estimate of drug-likeness (QED) is 0.549. The molecular formula is C20H17N3O5. The van der Waals surface area contributed by atoms with Gasteiger partial charge in [0, 0.05) is 0 Å². The van der Waals surface area contributed by atoms with Crippen LogP contribution < -0.4 is 9.47 Å². The van der Waals surface area contributed by atoms with Crippen molar-refractivity contribution in [3.05, 3.63) is 60.0 Å². The molecule has 0 radical (unpaired) electrons. The van der Waals surface area contributed by atoms with Gasteiger partial charge in [0.1, 0.15) is 11.5 Å². The van der Waals surface area contributed by atoms with E-state index in [-0.39, 0.29) is 19.1 Å². The lowest BCUT2D eigenvalue weighted by Crippen LogP contribution is -2.14. The van der Waals surface area contributed by atoms with Gasteiger partial charge < -0.3 is 18.7 Å². The summed E-state index contributed by atoms with van der Waals surface area (Å²) >= 11 is 0. The van der Waals surface area contributed by atoms with E-state index in [1.165, 1.54) is 0 Å². The highest BCUT2D eigenvalue weighted by Gasteiger charge is 2.14. The van der Waals surface area contributed by atoms with Crippen LogP contribution in [0, 0.1) is 11.3 Å². The molecule has 8 nitrogen and oxygen atoms in total. The van der Waals surface area contributed by atoms with Crippen molar-refractivity contribution in [1.29, 1.82) is 5.26 Å². The first-order valence-electron chi connectivity index (χ1n) is 8.53. The molecule has 0 aliphatic rings. The van der Waals surface area contributed by atoms with Gasteiger partial charge in [-0.3, -0.25) is 0 Å². The topological polar surface area (TPSA) is 107 Å². The summed E-state index contributed by atoms with van der Waals surface area (Å²) < 4.78 is 21.1. The second-order valence-electron chi connectivity index (χ2n) is 5.53. The molecule has 2 aromatic carbocycles. The monoisotopic (exact) mass is 379 g/mol. The molecule has 0 unspecified atom stereocenters. The molecular weight excluding hydrogens is 362 g/mol. The van der Waals surface area contributed by atoms with Crippen LogP contribution in [-0.2, 0) is 16.1 Å². The summed E-state index contributed by atoms with van der Waals surface area (Å²) in [6.07, 6.45) is 0. The summed E-state index contributed by atoms with van der Waals surface area (Å²) in [5.74, 6) is 1.03. The van der Waals surface area contributed by atoms with Crippen LogP contribution in [0.15, 0.2) is 53.1 Å². The fourth-order valence-electron chi connectivity index (χ4n) is 2.31. The van der Waals surface area contributed by atoms with Gasteiger partial charge in [0.15, 0.2) is 13.2 Å². The van der Waals surface area contributed by atoms with Crippen molar-refractivity contribution in [3.63, 3.8) is 0 Å². The predicted molar refractivity (Wildman–Crippen MR) is 97.4 cm³/mol. The van der Waals surface area contributed by atoms with Crippen molar-refractivity contribution in [2.45, 2.75) is 13.5 Å². The van der Waals surface area contributed by atoms with E-state index in [4.69, 9.17) is 24.0 Å². The zero-order valence-electron chi connectivity index (χ0n) is 15.1. The number of esters is 1. The standard InChI is InChI=1S/C20H17N3O5/c1-2-25-17-6-4-3-5-16(17)20-22-18(28-23-20)12-27-19(24)13-26-15-9-7-14(11-21)8-10-15/h3-10H,2,12-13H2,1H3. The Labute approximate surface area is 161 Å². The fraction of sp³-hybridized carbons (Fsp3) is 0.200. The molecule has 8 heteroatoms. The first-order chi connectivity index (χ1) is 13.7. The van der Waals surface area contributed by atoms with E-state index < -0.39 is 5.97 Å². The third-order valence-corrected chi connectivity index (χ3v) is 3.59. The maximum Gasteiger partial charge on any atom is 0.344 e. The van der Waals surface area contributed by atoms with Crippen LogP contribution >= 0.6 is 0 Å². The molecule has 0 fully saturated rings. The van der Waals surface area contributed by atoms with Crippen LogP contribution in [0.1, 0.15) is 18.4 Å². The number of rotatable bonds is 8. The van der Waals surface area contributed by atoms with Gasteiger partial charge in [0.05, 0.1) is 23.8 Å². The molecule has 0 amide bonds. The highest BCUT2D eigenvalue weighted by Crippen LogP contribution is 2.27. The Kier molecular flexibility index (Phi) is 6.21. The zero-order valence-corrected chi connectivity index (χ0v) is 15.1. The van der Waals surface area contributed by atoms with Gasteiger partial charge in [0.2, 0.25) is 5.82 Å².